The number of carbonyl (C=O) groups excluding carboxylic acids is 1. The summed E-state index contributed by atoms with van der Waals surface area (Å²) < 4.78 is 6.54. The molecule has 0 aliphatic rings. The predicted molar refractivity (Wildman–Crippen MR) is 68.9 cm³/mol. The van der Waals surface area contributed by atoms with Gasteiger partial charge in [-0.3, -0.25) is 4.57 Å². The minimum Gasteiger partial charge on any atom is -0.461 e. The highest BCUT2D eigenvalue weighted by Gasteiger charge is 2.22. The largest absolute Gasteiger partial charge is 0.461 e. The van der Waals surface area contributed by atoms with Gasteiger partial charge in [0.05, 0.1) is 6.61 Å². The van der Waals surface area contributed by atoms with E-state index in [0.29, 0.717) is 18.1 Å². The molecule has 0 spiro atoms. The maximum Gasteiger partial charge on any atom is 0.360 e. The Labute approximate surface area is 110 Å². The standard InChI is InChI=1S/C12H15N5O2/c1-3-8-15-10(12(18)19-4-2)11(13)17(8)9-6-5-7-14-16-9/h5-7H,3-4,13H2,1-2H3. The lowest BCUT2D eigenvalue weighted by Crippen LogP contribution is -2.10. The molecular weight excluding hydrogens is 246 g/mol. The second-order valence-corrected chi connectivity index (χ2v) is 3.75. The molecule has 0 saturated carbocycles. The Morgan fingerprint density at radius 1 is 1.47 bits per heavy atom. The van der Waals surface area contributed by atoms with Gasteiger partial charge in [-0.05, 0) is 19.1 Å². The molecular formula is C12H15N5O2. The molecule has 7 nitrogen and oxygen atoms in total. The van der Waals surface area contributed by atoms with Crippen LogP contribution in [0.25, 0.3) is 5.82 Å². The summed E-state index contributed by atoms with van der Waals surface area (Å²) in [4.78, 5) is 16.0. The van der Waals surface area contributed by atoms with Gasteiger partial charge in [-0.15, -0.1) is 5.10 Å². The van der Waals surface area contributed by atoms with Crippen molar-refractivity contribution in [2.24, 2.45) is 0 Å². The van der Waals surface area contributed by atoms with Crippen molar-refractivity contribution >= 4 is 11.8 Å². The number of nitrogens with two attached hydrogens (primary N) is 1. The molecule has 0 aliphatic carbocycles. The van der Waals surface area contributed by atoms with Crippen LogP contribution in [0.5, 0.6) is 0 Å². The minimum absolute atomic E-state index is 0.115. The Morgan fingerprint density at radius 3 is 2.84 bits per heavy atom. The van der Waals surface area contributed by atoms with Crippen LogP contribution in [-0.2, 0) is 11.2 Å². The fraction of sp³-hybridized carbons (Fsp3) is 0.333. The molecule has 0 unspecified atom stereocenters. The molecule has 0 radical (unpaired) electrons. The molecule has 2 heterocycles. The fourth-order valence-corrected chi connectivity index (χ4v) is 1.74. The highest BCUT2D eigenvalue weighted by atomic mass is 16.5. The number of carbonyl (C=O) groups is 1. The first-order valence-electron chi connectivity index (χ1n) is 6.01. The maximum atomic E-state index is 11.8. The van der Waals surface area contributed by atoms with Crippen molar-refractivity contribution in [1.82, 2.24) is 19.7 Å². The lowest BCUT2D eigenvalue weighted by molar-refractivity contribution is 0.0521. The molecule has 0 amide bonds. The maximum absolute atomic E-state index is 11.8. The van der Waals surface area contributed by atoms with Crippen LogP contribution in [0.1, 0.15) is 30.2 Å². The first-order chi connectivity index (χ1) is 9.19. The molecule has 0 saturated heterocycles. The van der Waals surface area contributed by atoms with Crippen molar-refractivity contribution < 1.29 is 9.53 Å². The van der Waals surface area contributed by atoms with Gasteiger partial charge in [0, 0.05) is 12.6 Å². The number of rotatable bonds is 4. The van der Waals surface area contributed by atoms with Gasteiger partial charge in [0.15, 0.2) is 11.5 Å². The smallest absolute Gasteiger partial charge is 0.360 e. The first kappa shape index (κ1) is 13.0. The third kappa shape index (κ3) is 2.40. The summed E-state index contributed by atoms with van der Waals surface area (Å²) in [6, 6.07) is 3.49. The van der Waals surface area contributed by atoms with Crippen LogP contribution >= 0.6 is 0 Å². The Hall–Kier alpha value is -2.44. The zero-order valence-corrected chi connectivity index (χ0v) is 10.8. The molecule has 7 heteroatoms. The Bertz CT molecular complexity index is 579. The van der Waals surface area contributed by atoms with E-state index >= 15 is 0 Å². The summed E-state index contributed by atoms with van der Waals surface area (Å²) >= 11 is 0. The Balaban J connectivity index is 2.52. The van der Waals surface area contributed by atoms with Gasteiger partial charge in [0.1, 0.15) is 11.6 Å². The van der Waals surface area contributed by atoms with Crippen LogP contribution in [0.3, 0.4) is 0 Å². The highest BCUT2D eigenvalue weighted by molar-refractivity contribution is 5.92. The van der Waals surface area contributed by atoms with Crippen LogP contribution < -0.4 is 5.73 Å². The summed E-state index contributed by atoms with van der Waals surface area (Å²) in [6.45, 7) is 3.93. The van der Waals surface area contributed by atoms with Crippen LogP contribution in [0.4, 0.5) is 5.82 Å². The van der Waals surface area contributed by atoms with Crippen LogP contribution in [0.2, 0.25) is 0 Å². The van der Waals surface area contributed by atoms with E-state index in [2.05, 4.69) is 15.2 Å². The summed E-state index contributed by atoms with van der Waals surface area (Å²) in [6.07, 6.45) is 2.18. The lowest BCUT2D eigenvalue weighted by Gasteiger charge is -2.06. The van der Waals surface area contributed by atoms with Crippen molar-refractivity contribution in [2.75, 3.05) is 12.3 Å². The third-order valence-corrected chi connectivity index (χ3v) is 2.55. The molecule has 100 valence electrons. The zero-order chi connectivity index (χ0) is 13.8. The van der Waals surface area contributed by atoms with E-state index < -0.39 is 5.97 Å². The first-order valence-corrected chi connectivity index (χ1v) is 6.01. The van der Waals surface area contributed by atoms with Crippen molar-refractivity contribution in [3.8, 4) is 5.82 Å². The SMILES string of the molecule is CCOC(=O)c1nc(CC)n(-c2cccnn2)c1N. The van der Waals surface area contributed by atoms with E-state index in [4.69, 9.17) is 10.5 Å². The van der Waals surface area contributed by atoms with Crippen LogP contribution in [0.15, 0.2) is 18.3 Å². The second kappa shape index (κ2) is 5.47. The molecule has 19 heavy (non-hydrogen) atoms. The van der Waals surface area contributed by atoms with Crippen molar-refractivity contribution in [2.45, 2.75) is 20.3 Å². The van der Waals surface area contributed by atoms with E-state index in [9.17, 15) is 4.79 Å². The normalized spacial score (nSPS) is 10.4. The van der Waals surface area contributed by atoms with Gasteiger partial charge in [0.25, 0.3) is 0 Å². The second-order valence-electron chi connectivity index (χ2n) is 3.75. The summed E-state index contributed by atoms with van der Waals surface area (Å²) in [7, 11) is 0. The predicted octanol–water partition coefficient (Wildman–Crippen LogP) is 0.984. The van der Waals surface area contributed by atoms with Gasteiger partial charge < -0.3 is 10.5 Å². The van der Waals surface area contributed by atoms with E-state index in [1.807, 2.05) is 6.92 Å². The number of ether oxygens (including phenoxy) is 1. The number of hydrogen-bond donors (Lipinski definition) is 1. The Morgan fingerprint density at radius 2 is 2.26 bits per heavy atom. The van der Waals surface area contributed by atoms with E-state index in [-0.39, 0.29) is 18.1 Å². The van der Waals surface area contributed by atoms with E-state index in [0.717, 1.165) is 0 Å². The van der Waals surface area contributed by atoms with Crippen LogP contribution in [-0.4, -0.2) is 32.3 Å². The van der Waals surface area contributed by atoms with Gasteiger partial charge in [-0.2, -0.15) is 5.10 Å². The number of hydrogen-bond acceptors (Lipinski definition) is 6. The number of anilines is 1. The van der Waals surface area contributed by atoms with E-state index in [1.54, 1.807) is 29.8 Å². The topological polar surface area (TPSA) is 95.9 Å². The number of imidazole rings is 1. The average molecular weight is 261 g/mol. The van der Waals surface area contributed by atoms with E-state index in [1.165, 1.54) is 0 Å². The van der Waals surface area contributed by atoms with Crippen molar-refractivity contribution in [3.63, 3.8) is 0 Å². The average Bonchev–Trinajstić information content (AvgIpc) is 2.77. The molecule has 2 N–H and O–H groups in total. The molecule has 2 rings (SSSR count). The van der Waals surface area contributed by atoms with Gasteiger partial charge in [-0.25, -0.2) is 9.78 Å². The summed E-state index contributed by atoms with van der Waals surface area (Å²) in [5.41, 5.74) is 6.09. The number of nitrogen functional groups attached to an aromatic ring is 1. The number of aromatic nitrogens is 4. The fourth-order valence-electron chi connectivity index (χ4n) is 1.74. The monoisotopic (exact) mass is 261 g/mol. The molecule has 2 aromatic heterocycles. The van der Waals surface area contributed by atoms with Crippen molar-refractivity contribution in [1.29, 1.82) is 0 Å². The minimum atomic E-state index is -0.530. The van der Waals surface area contributed by atoms with Gasteiger partial charge in [-0.1, -0.05) is 6.92 Å². The third-order valence-electron chi connectivity index (χ3n) is 2.55. The number of nitrogens with zero attached hydrogens (tertiary/aromatic N) is 4. The van der Waals surface area contributed by atoms with Gasteiger partial charge in [0.2, 0.25) is 0 Å². The summed E-state index contributed by atoms with van der Waals surface area (Å²) in [5, 5.41) is 7.78. The quantitative estimate of drug-likeness (QED) is 0.824. The molecule has 0 fully saturated rings. The van der Waals surface area contributed by atoms with Crippen molar-refractivity contribution in [3.05, 3.63) is 29.8 Å². The highest BCUT2D eigenvalue weighted by Crippen LogP contribution is 2.20. The summed E-state index contributed by atoms with van der Waals surface area (Å²) in [5.74, 6) is 0.856. The number of esters is 1. The Kier molecular flexibility index (Phi) is 3.74. The molecule has 0 aromatic carbocycles. The molecule has 2 aromatic rings. The molecule has 0 bridgehead atoms. The number of aryl methyl sites for hydroxylation is 1. The lowest BCUT2D eigenvalue weighted by atomic mass is 10.4. The molecule has 0 atom stereocenters. The van der Waals surface area contributed by atoms with Gasteiger partial charge >= 0.3 is 5.97 Å². The zero-order valence-electron chi connectivity index (χ0n) is 10.8. The molecule has 0 aliphatic heterocycles. The van der Waals surface area contributed by atoms with Crippen LogP contribution in [0, 0.1) is 0 Å².